The average Bonchev–Trinajstić information content (AvgIpc) is 2.73. The summed E-state index contributed by atoms with van der Waals surface area (Å²) in [7, 11) is 0. The van der Waals surface area contributed by atoms with E-state index in [1.165, 1.54) is 0 Å². The lowest BCUT2D eigenvalue weighted by Crippen LogP contribution is -2.20. The Hall–Kier alpha value is -1.66. The van der Waals surface area contributed by atoms with Crippen LogP contribution in [0.2, 0.25) is 0 Å². The number of hydrogen-bond donors (Lipinski definition) is 1. The highest BCUT2D eigenvalue weighted by Gasteiger charge is 2.10. The zero-order chi connectivity index (χ0) is 13.7. The van der Waals surface area contributed by atoms with E-state index in [9.17, 15) is 4.79 Å². The van der Waals surface area contributed by atoms with Crippen LogP contribution >= 0.6 is 11.6 Å². The number of carbonyl (C=O) groups is 1. The fourth-order valence-electron chi connectivity index (χ4n) is 1.89. The summed E-state index contributed by atoms with van der Waals surface area (Å²) in [5, 5.41) is 0. The third-order valence-electron chi connectivity index (χ3n) is 2.65. The van der Waals surface area contributed by atoms with E-state index in [-0.39, 0.29) is 6.61 Å². The number of fused-ring (bicyclic) bond motifs is 1. The van der Waals surface area contributed by atoms with Gasteiger partial charge in [0.2, 0.25) is 5.91 Å². The molecule has 0 fully saturated rings. The molecule has 2 heterocycles. The van der Waals surface area contributed by atoms with Crippen molar-refractivity contribution in [3.8, 4) is 0 Å². The molecule has 102 valence electrons. The Morgan fingerprint density at radius 2 is 2.37 bits per heavy atom. The minimum absolute atomic E-state index is 0.0704. The summed E-state index contributed by atoms with van der Waals surface area (Å²) in [6, 6.07) is 1.90. The maximum atomic E-state index is 10.6. The van der Waals surface area contributed by atoms with Gasteiger partial charge in [-0.05, 0) is 6.07 Å². The highest BCUT2D eigenvalue weighted by atomic mass is 35.5. The van der Waals surface area contributed by atoms with Crippen molar-refractivity contribution >= 4 is 28.5 Å². The molecule has 0 atom stereocenters. The predicted octanol–water partition coefficient (Wildman–Crippen LogP) is 0.714. The van der Waals surface area contributed by atoms with Crippen molar-refractivity contribution in [1.82, 2.24) is 14.5 Å². The van der Waals surface area contributed by atoms with Gasteiger partial charge >= 0.3 is 0 Å². The van der Waals surface area contributed by atoms with Gasteiger partial charge in [0.15, 0.2) is 0 Å². The van der Waals surface area contributed by atoms with Gasteiger partial charge in [-0.25, -0.2) is 4.98 Å². The van der Waals surface area contributed by atoms with Crippen molar-refractivity contribution in [3.63, 3.8) is 0 Å². The number of primary amides is 1. The van der Waals surface area contributed by atoms with Gasteiger partial charge in [0.1, 0.15) is 17.9 Å². The number of pyridine rings is 1. The topological polar surface area (TPSA) is 83.0 Å². The van der Waals surface area contributed by atoms with Gasteiger partial charge in [0.25, 0.3) is 0 Å². The minimum Gasteiger partial charge on any atom is -0.370 e. The number of aryl methyl sites for hydroxylation is 1. The van der Waals surface area contributed by atoms with E-state index in [1.807, 2.05) is 10.6 Å². The number of halogens is 1. The summed E-state index contributed by atoms with van der Waals surface area (Å²) in [6.45, 7) is 0.922. The van der Waals surface area contributed by atoms with E-state index >= 15 is 0 Å². The largest absolute Gasteiger partial charge is 0.370 e. The van der Waals surface area contributed by atoms with Crippen LogP contribution in [0, 0.1) is 0 Å². The van der Waals surface area contributed by atoms with Gasteiger partial charge in [0, 0.05) is 25.0 Å². The number of nitrogens with two attached hydrogens (primary N) is 1. The average molecular weight is 283 g/mol. The van der Waals surface area contributed by atoms with Crippen LogP contribution in [-0.2, 0) is 22.5 Å². The third-order valence-corrected chi connectivity index (χ3v) is 2.84. The van der Waals surface area contributed by atoms with Gasteiger partial charge in [-0.15, -0.1) is 11.6 Å². The molecule has 0 aromatic carbocycles. The monoisotopic (exact) mass is 282 g/mol. The summed E-state index contributed by atoms with van der Waals surface area (Å²) < 4.78 is 7.21. The van der Waals surface area contributed by atoms with Crippen LogP contribution in [0.4, 0.5) is 0 Å². The van der Waals surface area contributed by atoms with E-state index in [1.54, 1.807) is 12.4 Å². The quantitative estimate of drug-likeness (QED) is 0.599. The number of ether oxygens (including phenoxy) is 1. The SMILES string of the molecule is NC(=O)COCCn1c(CCCl)nc2cnccc21. The minimum atomic E-state index is -0.472. The van der Waals surface area contributed by atoms with Crippen LogP contribution in [0.5, 0.6) is 0 Å². The predicted molar refractivity (Wildman–Crippen MR) is 72.0 cm³/mol. The Morgan fingerprint density at radius 3 is 3.11 bits per heavy atom. The van der Waals surface area contributed by atoms with Gasteiger partial charge in [-0.3, -0.25) is 9.78 Å². The second-order valence-electron chi connectivity index (χ2n) is 4.00. The van der Waals surface area contributed by atoms with Crippen molar-refractivity contribution < 1.29 is 9.53 Å². The van der Waals surface area contributed by atoms with Crippen LogP contribution in [0.3, 0.4) is 0 Å². The molecule has 0 spiro atoms. The smallest absolute Gasteiger partial charge is 0.243 e. The molecule has 6 nitrogen and oxygen atoms in total. The molecule has 0 aliphatic carbocycles. The molecule has 0 saturated carbocycles. The number of amides is 1. The van der Waals surface area contributed by atoms with Crippen LogP contribution in [-0.4, -0.2) is 39.5 Å². The number of carbonyl (C=O) groups excluding carboxylic acids is 1. The van der Waals surface area contributed by atoms with Crippen molar-refractivity contribution in [2.45, 2.75) is 13.0 Å². The fraction of sp³-hybridized carbons (Fsp3) is 0.417. The molecule has 2 aromatic heterocycles. The lowest BCUT2D eigenvalue weighted by molar-refractivity contribution is -0.122. The molecular formula is C12H15ClN4O2. The van der Waals surface area contributed by atoms with Gasteiger partial charge in [-0.2, -0.15) is 0 Å². The first-order valence-corrected chi connectivity index (χ1v) is 6.47. The second kappa shape index (κ2) is 6.49. The van der Waals surface area contributed by atoms with Crippen LogP contribution < -0.4 is 5.73 Å². The molecule has 1 amide bonds. The zero-order valence-corrected chi connectivity index (χ0v) is 11.1. The first-order valence-electron chi connectivity index (χ1n) is 5.93. The molecule has 7 heteroatoms. The number of rotatable bonds is 7. The van der Waals surface area contributed by atoms with E-state index in [4.69, 9.17) is 22.1 Å². The Kier molecular flexibility index (Phi) is 4.70. The maximum absolute atomic E-state index is 10.6. The zero-order valence-electron chi connectivity index (χ0n) is 10.4. The molecule has 0 aliphatic heterocycles. The van der Waals surface area contributed by atoms with Crippen LogP contribution in [0.1, 0.15) is 5.82 Å². The Bertz CT molecular complexity index is 570. The van der Waals surface area contributed by atoms with Gasteiger partial charge in [0.05, 0.1) is 18.3 Å². The van der Waals surface area contributed by atoms with Crippen LogP contribution in [0.25, 0.3) is 11.0 Å². The van der Waals surface area contributed by atoms with E-state index in [2.05, 4.69) is 9.97 Å². The molecule has 0 aliphatic rings. The first kappa shape index (κ1) is 13.8. The molecule has 0 bridgehead atoms. The summed E-state index contributed by atoms with van der Waals surface area (Å²) in [5.74, 6) is 0.917. The molecule has 19 heavy (non-hydrogen) atoms. The van der Waals surface area contributed by atoms with E-state index in [0.717, 1.165) is 16.9 Å². The molecule has 2 N–H and O–H groups in total. The molecule has 0 saturated heterocycles. The summed E-state index contributed by atoms with van der Waals surface area (Å²) >= 11 is 5.78. The van der Waals surface area contributed by atoms with Gasteiger partial charge < -0.3 is 15.0 Å². The molecule has 2 rings (SSSR count). The Labute approximate surface area is 115 Å². The molecule has 2 aromatic rings. The van der Waals surface area contributed by atoms with Crippen molar-refractivity contribution in [2.24, 2.45) is 5.73 Å². The lowest BCUT2D eigenvalue weighted by atomic mass is 10.4. The first-order chi connectivity index (χ1) is 9.22. The number of imidazole rings is 1. The second-order valence-corrected chi connectivity index (χ2v) is 4.38. The lowest BCUT2D eigenvalue weighted by Gasteiger charge is -2.08. The summed E-state index contributed by atoms with van der Waals surface area (Å²) in [6.07, 6.45) is 4.11. The van der Waals surface area contributed by atoms with Crippen molar-refractivity contribution in [1.29, 1.82) is 0 Å². The highest BCUT2D eigenvalue weighted by Crippen LogP contribution is 2.15. The highest BCUT2D eigenvalue weighted by molar-refractivity contribution is 6.17. The van der Waals surface area contributed by atoms with Gasteiger partial charge in [-0.1, -0.05) is 0 Å². The Morgan fingerprint density at radius 1 is 1.53 bits per heavy atom. The fourth-order valence-corrected chi connectivity index (χ4v) is 2.05. The number of hydrogen-bond acceptors (Lipinski definition) is 4. The van der Waals surface area contributed by atoms with E-state index < -0.39 is 5.91 Å². The number of alkyl halides is 1. The van der Waals surface area contributed by atoms with Crippen LogP contribution in [0.15, 0.2) is 18.5 Å². The summed E-state index contributed by atoms with van der Waals surface area (Å²) in [4.78, 5) is 19.1. The Balaban J connectivity index is 2.14. The number of aromatic nitrogens is 3. The van der Waals surface area contributed by atoms with E-state index in [0.29, 0.717) is 25.5 Å². The third kappa shape index (κ3) is 3.42. The summed E-state index contributed by atoms with van der Waals surface area (Å²) in [5.41, 5.74) is 6.83. The normalized spacial score (nSPS) is 11.0. The standard InChI is InChI=1S/C12H15ClN4O2/c13-3-1-12-16-9-7-15-4-2-10(9)17(12)5-6-19-8-11(14)18/h2,4,7H,1,3,5-6,8H2,(H2,14,18). The number of nitrogens with zero attached hydrogens (tertiary/aromatic N) is 3. The van der Waals surface area contributed by atoms with Crippen molar-refractivity contribution in [3.05, 3.63) is 24.3 Å². The molecule has 0 radical (unpaired) electrons. The molecule has 0 unspecified atom stereocenters. The maximum Gasteiger partial charge on any atom is 0.243 e. The molecular weight excluding hydrogens is 268 g/mol. The van der Waals surface area contributed by atoms with Crippen molar-refractivity contribution in [2.75, 3.05) is 19.1 Å².